The molecule has 1 amide bonds. The second kappa shape index (κ2) is 9.14. The van der Waals surface area contributed by atoms with Gasteiger partial charge in [-0.3, -0.25) is 9.69 Å². The Labute approximate surface area is 142 Å². The highest BCUT2D eigenvalue weighted by atomic mass is 32.1. The fraction of sp³-hybridized carbons (Fsp3) is 0.800. The quantitative estimate of drug-likeness (QED) is 0.673. The van der Waals surface area contributed by atoms with Gasteiger partial charge in [-0.1, -0.05) is 11.3 Å². The molecule has 1 atom stereocenters. The summed E-state index contributed by atoms with van der Waals surface area (Å²) in [7, 11) is 2.16. The van der Waals surface area contributed by atoms with E-state index in [1.165, 1.54) is 11.3 Å². The molecule has 0 aromatic carbocycles. The maximum Gasteiger partial charge on any atom is 0.220 e. The standard InChI is InChI=1S/C15H28N6OS/c1-12(21-10-8-20(2)9-11-21)5-6-13(22)17-7-3-4-14-18-19-15(16)23-14/h12H,3-11H2,1-2H3,(H2,16,19)(H,17,22). The maximum atomic E-state index is 11.9. The minimum absolute atomic E-state index is 0.141. The van der Waals surface area contributed by atoms with Crippen LogP contribution in [0.3, 0.4) is 0 Å². The highest BCUT2D eigenvalue weighted by Crippen LogP contribution is 2.12. The highest BCUT2D eigenvalue weighted by Gasteiger charge is 2.19. The summed E-state index contributed by atoms with van der Waals surface area (Å²) in [5.74, 6) is 0.141. The van der Waals surface area contributed by atoms with Crippen molar-refractivity contribution in [2.75, 3.05) is 45.5 Å². The van der Waals surface area contributed by atoms with Gasteiger partial charge in [0.25, 0.3) is 0 Å². The predicted molar refractivity (Wildman–Crippen MR) is 93.4 cm³/mol. The monoisotopic (exact) mass is 340 g/mol. The van der Waals surface area contributed by atoms with E-state index in [2.05, 4.69) is 39.3 Å². The summed E-state index contributed by atoms with van der Waals surface area (Å²) in [6.45, 7) is 7.34. The second-order valence-corrected chi connectivity index (χ2v) is 7.31. The molecule has 1 aromatic rings. The molecule has 1 saturated heterocycles. The lowest BCUT2D eigenvalue weighted by Crippen LogP contribution is -2.48. The number of nitrogens with zero attached hydrogens (tertiary/aromatic N) is 4. The van der Waals surface area contributed by atoms with Gasteiger partial charge in [-0.2, -0.15) is 0 Å². The number of likely N-dealkylation sites (N-methyl/N-ethyl adjacent to an activating group) is 1. The lowest BCUT2D eigenvalue weighted by molar-refractivity contribution is -0.121. The number of aromatic nitrogens is 2. The molecule has 0 bridgehead atoms. The molecular formula is C15H28N6OS. The summed E-state index contributed by atoms with van der Waals surface area (Å²) in [5, 5.41) is 12.2. The maximum absolute atomic E-state index is 11.9. The number of rotatable bonds is 8. The van der Waals surface area contributed by atoms with E-state index in [0.29, 0.717) is 24.1 Å². The van der Waals surface area contributed by atoms with Crippen molar-refractivity contribution >= 4 is 22.4 Å². The van der Waals surface area contributed by atoms with Crippen molar-refractivity contribution in [2.45, 2.75) is 38.6 Å². The topological polar surface area (TPSA) is 87.4 Å². The first-order valence-corrected chi connectivity index (χ1v) is 9.13. The van der Waals surface area contributed by atoms with Gasteiger partial charge in [-0.15, -0.1) is 10.2 Å². The van der Waals surface area contributed by atoms with Crippen LogP contribution in [0.2, 0.25) is 0 Å². The Morgan fingerprint density at radius 3 is 2.74 bits per heavy atom. The summed E-state index contributed by atoms with van der Waals surface area (Å²) in [6, 6.07) is 0.471. The predicted octanol–water partition coefficient (Wildman–Crippen LogP) is 0.585. The molecule has 2 heterocycles. The number of aryl methyl sites for hydroxylation is 1. The van der Waals surface area contributed by atoms with Crippen LogP contribution in [0.1, 0.15) is 31.2 Å². The fourth-order valence-corrected chi connectivity index (χ4v) is 3.36. The fourth-order valence-electron chi connectivity index (χ4n) is 2.71. The van der Waals surface area contributed by atoms with Gasteiger partial charge in [0.1, 0.15) is 5.01 Å². The molecule has 0 radical (unpaired) electrons. The Morgan fingerprint density at radius 2 is 2.09 bits per heavy atom. The molecule has 0 saturated carbocycles. The van der Waals surface area contributed by atoms with E-state index in [0.717, 1.165) is 50.4 Å². The minimum atomic E-state index is 0.141. The number of carbonyl (C=O) groups is 1. The number of nitrogen functional groups attached to an aromatic ring is 1. The van der Waals surface area contributed by atoms with Crippen LogP contribution in [0, 0.1) is 0 Å². The molecular weight excluding hydrogens is 312 g/mol. The largest absolute Gasteiger partial charge is 0.374 e. The Morgan fingerprint density at radius 1 is 1.35 bits per heavy atom. The lowest BCUT2D eigenvalue weighted by atomic mass is 10.1. The molecule has 1 aliphatic rings. The SMILES string of the molecule is CC(CCC(=O)NCCCc1nnc(N)s1)N1CCN(C)CC1. The molecule has 2 rings (SSSR count). The average molecular weight is 340 g/mol. The van der Waals surface area contributed by atoms with E-state index in [4.69, 9.17) is 5.73 Å². The van der Waals surface area contributed by atoms with Crippen molar-refractivity contribution in [2.24, 2.45) is 0 Å². The smallest absolute Gasteiger partial charge is 0.220 e. The van der Waals surface area contributed by atoms with Gasteiger partial charge in [-0.25, -0.2) is 0 Å². The first-order valence-electron chi connectivity index (χ1n) is 8.31. The third-order valence-electron chi connectivity index (χ3n) is 4.32. The molecule has 8 heteroatoms. The third kappa shape index (κ3) is 6.40. The zero-order chi connectivity index (χ0) is 16.7. The first-order chi connectivity index (χ1) is 11.0. The normalized spacial score (nSPS) is 18.0. The lowest BCUT2D eigenvalue weighted by Gasteiger charge is -2.36. The number of piperazine rings is 1. The summed E-state index contributed by atoms with van der Waals surface area (Å²) in [6.07, 6.45) is 3.20. The molecule has 3 N–H and O–H groups in total. The van der Waals surface area contributed by atoms with Gasteiger partial charge in [-0.05, 0) is 26.8 Å². The van der Waals surface area contributed by atoms with Crippen LogP contribution in [-0.4, -0.2) is 71.7 Å². The number of amides is 1. The van der Waals surface area contributed by atoms with Crippen LogP contribution >= 0.6 is 11.3 Å². The molecule has 1 unspecified atom stereocenters. The number of anilines is 1. The van der Waals surface area contributed by atoms with Gasteiger partial charge in [0.15, 0.2) is 0 Å². The molecule has 130 valence electrons. The van der Waals surface area contributed by atoms with E-state index < -0.39 is 0 Å². The second-order valence-electron chi connectivity index (χ2n) is 6.21. The van der Waals surface area contributed by atoms with Crippen molar-refractivity contribution < 1.29 is 4.79 Å². The van der Waals surface area contributed by atoms with Crippen molar-refractivity contribution in [1.82, 2.24) is 25.3 Å². The van der Waals surface area contributed by atoms with Crippen LogP contribution in [0.15, 0.2) is 0 Å². The summed E-state index contributed by atoms with van der Waals surface area (Å²) < 4.78 is 0. The van der Waals surface area contributed by atoms with E-state index in [1.807, 2.05) is 0 Å². The van der Waals surface area contributed by atoms with Crippen LogP contribution in [0.25, 0.3) is 0 Å². The van der Waals surface area contributed by atoms with Crippen LogP contribution in [-0.2, 0) is 11.2 Å². The van der Waals surface area contributed by atoms with Crippen molar-refractivity contribution in [3.63, 3.8) is 0 Å². The molecule has 1 aliphatic heterocycles. The molecule has 7 nitrogen and oxygen atoms in total. The van der Waals surface area contributed by atoms with E-state index in [1.54, 1.807) is 0 Å². The number of nitrogens with two attached hydrogens (primary N) is 1. The van der Waals surface area contributed by atoms with Gasteiger partial charge >= 0.3 is 0 Å². The zero-order valence-corrected chi connectivity index (χ0v) is 14.9. The van der Waals surface area contributed by atoms with Gasteiger partial charge in [0, 0.05) is 51.6 Å². The Hall–Kier alpha value is -1.25. The Kier molecular flexibility index (Phi) is 7.19. The van der Waals surface area contributed by atoms with E-state index >= 15 is 0 Å². The summed E-state index contributed by atoms with van der Waals surface area (Å²) in [4.78, 5) is 16.7. The van der Waals surface area contributed by atoms with Gasteiger partial charge in [0.05, 0.1) is 0 Å². The summed E-state index contributed by atoms with van der Waals surface area (Å²) in [5.41, 5.74) is 5.54. The van der Waals surface area contributed by atoms with Crippen molar-refractivity contribution in [3.8, 4) is 0 Å². The molecule has 0 spiro atoms. The van der Waals surface area contributed by atoms with E-state index in [-0.39, 0.29) is 5.91 Å². The highest BCUT2D eigenvalue weighted by molar-refractivity contribution is 7.15. The first kappa shape index (κ1) is 18.1. The van der Waals surface area contributed by atoms with Crippen molar-refractivity contribution in [3.05, 3.63) is 5.01 Å². The van der Waals surface area contributed by atoms with Gasteiger partial charge in [0.2, 0.25) is 11.0 Å². The Bertz CT molecular complexity index is 486. The van der Waals surface area contributed by atoms with Gasteiger partial charge < -0.3 is 16.0 Å². The van der Waals surface area contributed by atoms with Crippen molar-refractivity contribution in [1.29, 1.82) is 0 Å². The molecule has 1 fully saturated rings. The third-order valence-corrected chi connectivity index (χ3v) is 5.13. The number of hydrogen-bond donors (Lipinski definition) is 2. The molecule has 0 aliphatic carbocycles. The van der Waals surface area contributed by atoms with E-state index in [9.17, 15) is 4.79 Å². The Balaban J connectivity index is 1.54. The van der Waals surface area contributed by atoms with Crippen LogP contribution in [0.5, 0.6) is 0 Å². The molecule has 23 heavy (non-hydrogen) atoms. The summed E-state index contributed by atoms with van der Waals surface area (Å²) >= 11 is 1.41. The number of carbonyl (C=O) groups excluding carboxylic acids is 1. The van der Waals surface area contributed by atoms with Crippen LogP contribution in [0.4, 0.5) is 5.13 Å². The van der Waals surface area contributed by atoms with Crippen LogP contribution < -0.4 is 11.1 Å². The molecule has 1 aromatic heterocycles. The average Bonchev–Trinajstić information content (AvgIpc) is 2.95. The zero-order valence-electron chi connectivity index (χ0n) is 14.1. The number of hydrogen-bond acceptors (Lipinski definition) is 7. The minimum Gasteiger partial charge on any atom is -0.374 e. The number of nitrogens with one attached hydrogen (secondary N) is 1.